The maximum atomic E-state index is 14.7. The molecule has 0 bridgehead atoms. The minimum Gasteiger partial charge on any atom is -0.490 e. The van der Waals surface area contributed by atoms with Crippen molar-refractivity contribution in [3.8, 4) is 5.75 Å². The highest BCUT2D eigenvalue weighted by Crippen LogP contribution is 2.28. The van der Waals surface area contributed by atoms with Crippen molar-refractivity contribution in [1.29, 1.82) is 0 Å². The Balaban J connectivity index is 1.50. The molecule has 0 unspecified atom stereocenters. The maximum Gasteiger partial charge on any atom is 0.252 e. The first-order valence-electron chi connectivity index (χ1n) is 11.1. The molecule has 2 atom stereocenters. The van der Waals surface area contributed by atoms with Crippen molar-refractivity contribution < 1.29 is 18.7 Å². The summed E-state index contributed by atoms with van der Waals surface area (Å²) in [5.74, 6) is -0.414. The van der Waals surface area contributed by atoms with Gasteiger partial charge in [0.25, 0.3) is 5.91 Å². The van der Waals surface area contributed by atoms with Gasteiger partial charge in [-0.3, -0.25) is 4.79 Å². The standard InChI is InChI=1S/C23H30FN5O3/c24-18-13-17(21(26)30)22(29-23(18)28-20-4-2-1-3-19(20)25)27-14-5-7-15(8-6-14)32-16-9-11-31-12-10-16/h5-8,13,16,19-20H,1-4,9-12,25H2,(H2,26,30)(H2,27,28,29)/t19-,20+/m0/s1. The Bertz CT molecular complexity index is 934. The topological polar surface area (TPSA) is 125 Å². The molecule has 32 heavy (non-hydrogen) atoms. The molecular formula is C23H30FN5O3. The minimum atomic E-state index is -0.765. The van der Waals surface area contributed by atoms with Gasteiger partial charge in [-0.25, -0.2) is 9.37 Å². The summed E-state index contributed by atoms with van der Waals surface area (Å²) in [5, 5.41) is 6.19. The van der Waals surface area contributed by atoms with Gasteiger partial charge in [0.15, 0.2) is 11.6 Å². The van der Waals surface area contributed by atoms with E-state index in [0.29, 0.717) is 18.9 Å². The van der Waals surface area contributed by atoms with Crippen molar-refractivity contribution in [1.82, 2.24) is 4.98 Å². The SMILES string of the molecule is NC(=O)c1cc(F)c(N[C@@H]2CCCC[C@@H]2N)nc1Nc1ccc(OC2CCOCC2)cc1. The number of rotatable bonds is 7. The van der Waals surface area contributed by atoms with Crippen LogP contribution in [-0.4, -0.2) is 42.3 Å². The average molecular weight is 444 g/mol. The fraction of sp³-hybridized carbons (Fsp3) is 0.478. The number of carbonyl (C=O) groups excluding carboxylic acids is 1. The third-order valence-electron chi connectivity index (χ3n) is 5.97. The van der Waals surface area contributed by atoms with E-state index in [-0.39, 0.29) is 35.4 Å². The highest BCUT2D eigenvalue weighted by Gasteiger charge is 2.24. The van der Waals surface area contributed by atoms with E-state index in [9.17, 15) is 9.18 Å². The van der Waals surface area contributed by atoms with E-state index in [1.807, 2.05) is 24.3 Å². The number of hydrogen-bond donors (Lipinski definition) is 4. The van der Waals surface area contributed by atoms with Gasteiger partial charge in [0.05, 0.1) is 18.8 Å². The van der Waals surface area contributed by atoms with Crippen LogP contribution in [0.1, 0.15) is 48.9 Å². The zero-order valence-electron chi connectivity index (χ0n) is 18.0. The molecule has 6 N–H and O–H groups in total. The van der Waals surface area contributed by atoms with Gasteiger partial charge in [0.1, 0.15) is 17.7 Å². The molecule has 8 nitrogen and oxygen atoms in total. The van der Waals surface area contributed by atoms with E-state index in [0.717, 1.165) is 50.3 Å². The van der Waals surface area contributed by atoms with Gasteiger partial charge >= 0.3 is 0 Å². The number of hydrogen-bond acceptors (Lipinski definition) is 7. The average Bonchev–Trinajstić information content (AvgIpc) is 2.79. The molecule has 172 valence electrons. The number of carbonyl (C=O) groups is 1. The third-order valence-corrected chi connectivity index (χ3v) is 5.97. The largest absolute Gasteiger partial charge is 0.490 e. The van der Waals surface area contributed by atoms with Crippen LogP contribution in [0.2, 0.25) is 0 Å². The Morgan fingerprint density at radius 3 is 2.50 bits per heavy atom. The van der Waals surface area contributed by atoms with Gasteiger partial charge in [0.2, 0.25) is 0 Å². The molecule has 1 aromatic heterocycles. The van der Waals surface area contributed by atoms with Crippen LogP contribution in [0.15, 0.2) is 30.3 Å². The fourth-order valence-electron chi connectivity index (χ4n) is 4.13. The molecule has 1 aliphatic heterocycles. The Morgan fingerprint density at radius 1 is 1.09 bits per heavy atom. The molecule has 2 fully saturated rings. The molecule has 9 heteroatoms. The van der Waals surface area contributed by atoms with Crippen LogP contribution in [0.4, 0.5) is 21.7 Å². The number of ether oxygens (including phenoxy) is 2. The number of amides is 1. The lowest BCUT2D eigenvalue weighted by molar-refractivity contribution is 0.0256. The summed E-state index contributed by atoms with van der Waals surface area (Å²) in [6, 6.07) is 8.28. The highest BCUT2D eigenvalue weighted by atomic mass is 19.1. The quantitative estimate of drug-likeness (QED) is 0.517. The van der Waals surface area contributed by atoms with Crippen molar-refractivity contribution in [2.75, 3.05) is 23.8 Å². The molecular weight excluding hydrogens is 413 g/mol. The van der Waals surface area contributed by atoms with E-state index in [1.165, 1.54) is 0 Å². The Hall–Kier alpha value is -2.91. The molecule has 1 saturated carbocycles. The van der Waals surface area contributed by atoms with E-state index in [4.69, 9.17) is 20.9 Å². The van der Waals surface area contributed by atoms with Crippen molar-refractivity contribution in [2.24, 2.45) is 11.5 Å². The van der Waals surface area contributed by atoms with Crippen molar-refractivity contribution >= 4 is 23.2 Å². The van der Waals surface area contributed by atoms with Gasteiger partial charge in [-0.15, -0.1) is 0 Å². The van der Waals surface area contributed by atoms with Crippen molar-refractivity contribution in [3.05, 3.63) is 41.7 Å². The van der Waals surface area contributed by atoms with Gasteiger partial charge in [-0.05, 0) is 43.2 Å². The van der Waals surface area contributed by atoms with E-state index < -0.39 is 11.7 Å². The second-order valence-electron chi connectivity index (χ2n) is 8.36. The molecule has 2 aliphatic rings. The lowest BCUT2D eigenvalue weighted by Gasteiger charge is -2.30. The fourth-order valence-corrected chi connectivity index (χ4v) is 4.13. The van der Waals surface area contributed by atoms with Crippen LogP contribution in [0.5, 0.6) is 5.75 Å². The summed E-state index contributed by atoms with van der Waals surface area (Å²) in [4.78, 5) is 16.2. The molecule has 1 aliphatic carbocycles. The van der Waals surface area contributed by atoms with Gasteiger partial charge in [0, 0.05) is 30.6 Å². The summed E-state index contributed by atoms with van der Waals surface area (Å²) >= 11 is 0. The van der Waals surface area contributed by atoms with Gasteiger partial charge in [-0.1, -0.05) is 12.8 Å². The lowest BCUT2D eigenvalue weighted by Crippen LogP contribution is -2.43. The summed E-state index contributed by atoms with van der Waals surface area (Å²) < 4.78 is 26.0. The van der Waals surface area contributed by atoms with Crippen LogP contribution in [0, 0.1) is 5.82 Å². The number of primary amides is 1. The van der Waals surface area contributed by atoms with Crippen LogP contribution < -0.4 is 26.8 Å². The Kier molecular flexibility index (Phi) is 7.06. The zero-order valence-corrected chi connectivity index (χ0v) is 18.0. The normalized spacial score (nSPS) is 21.7. The highest BCUT2D eigenvalue weighted by molar-refractivity contribution is 5.98. The Labute approximate surface area is 186 Å². The minimum absolute atomic E-state index is 0.0245. The molecule has 2 heterocycles. The molecule has 1 saturated heterocycles. The number of nitrogens with two attached hydrogens (primary N) is 2. The summed E-state index contributed by atoms with van der Waals surface area (Å²) in [6.07, 6.45) is 5.69. The molecule has 4 rings (SSSR count). The van der Waals surface area contributed by atoms with E-state index in [2.05, 4.69) is 15.6 Å². The van der Waals surface area contributed by atoms with Crippen LogP contribution in [0.3, 0.4) is 0 Å². The second-order valence-corrected chi connectivity index (χ2v) is 8.36. The zero-order chi connectivity index (χ0) is 22.5. The third kappa shape index (κ3) is 5.46. The summed E-state index contributed by atoms with van der Waals surface area (Å²) in [5.41, 5.74) is 12.3. The molecule has 1 amide bonds. The van der Waals surface area contributed by atoms with Crippen LogP contribution in [0.25, 0.3) is 0 Å². The number of nitrogens with one attached hydrogen (secondary N) is 2. The first-order chi connectivity index (χ1) is 15.5. The van der Waals surface area contributed by atoms with Gasteiger partial charge < -0.3 is 31.6 Å². The molecule has 1 aromatic carbocycles. The predicted octanol–water partition coefficient (Wildman–Crippen LogP) is 3.30. The summed E-state index contributed by atoms with van der Waals surface area (Å²) in [7, 11) is 0. The summed E-state index contributed by atoms with van der Waals surface area (Å²) in [6.45, 7) is 1.41. The van der Waals surface area contributed by atoms with Crippen LogP contribution in [-0.2, 0) is 4.74 Å². The maximum absolute atomic E-state index is 14.7. The van der Waals surface area contributed by atoms with Crippen molar-refractivity contribution in [2.45, 2.75) is 56.7 Å². The van der Waals surface area contributed by atoms with Crippen molar-refractivity contribution in [3.63, 3.8) is 0 Å². The Morgan fingerprint density at radius 2 is 1.81 bits per heavy atom. The monoisotopic (exact) mass is 443 g/mol. The van der Waals surface area contributed by atoms with E-state index >= 15 is 0 Å². The first kappa shape index (κ1) is 22.3. The smallest absolute Gasteiger partial charge is 0.252 e. The second kappa shape index (κ2) is 10.1. The van der Waals surface area contributed by atoms with Gasteiger partial charge in [-0.2, -0.15) is 0 Å². The molecule has 2 aromatic rings. The molecule has 0 spiro atoms. The van der Waals surface area contributed by atoms with E-state index in [1.54, 1.807) is 0 Å². The lowest BCUT2D eigenvalue weighted by atomic mass is 9.91. The molecule has 0 radical (unpaired) electrons. The first-order valence-corrected chi connectivity index (χ1v) is 11.1. The number of anilines is 3. The number of benzene rings is 1. The number of aromatic nitrogens is 1. The number of pyridine rings is 1. The van der Waals surface area contributed by atoms with Crippen LogP contribution >= 0.6 is 0 Å². The predicted molar refractivity (Wildman–Crippen MR) is 121 cm³/mol. The number of halogens is 1. The number of nitrogens with zero attached hydrogens (tertiary/aromatic N) is 1.